The molecular weight excluding hydrogens is 350 g/mol. The standard InChI is InChI=1S/C23H25N3O2/c1-14-24-21-20(25(14)3)11-19(26(4)15(2)27)18-9-10-23(28-22(18)21)12-16-7-5-6-8-17(16)13-23/h5-8,11H,9-10,12-13H2,1-4H3. The van der Waals surface area contributed by atoms with Crippen molar-refractivity contribution in [1.29, 1.82) is 0 Å². The van der Waals surface area contributed by atoms with Crippen LogP contribution in [0.3, 0.4) is 0 Å². The summed E-state index contributed by atoms with van der Waals surface area (Å²) in [6.07, 6.45) is 3.71. The normalized spacial score (nSPS) is 16.7. The van der Waals surface area contributed by atoms with E-state index < -0.39 is 0 Å². The molecule has 5 nitrogen and oxygen atoms in total. The van der Waals surface area contributed by atoms with Gasteiger partial charge in [-0.05, 0) is 37.0 Å². The SMILES string of the molecule is CC(=O)N(C)c1cc2c(nc(C)n2C)c2c1CCC1(Cc3ccccc3C1)O2. The molecule has 0 fully saturated rings. The van der Waals surface area contributed by atoms with Gasteiger partial charge in [-0.15, -0.1) is 0 Å². The third kappa shape index (κ3) is 2.38. The lowest BCUT2D eigenvalue weighted by molar-refractivity contribution is -0.116. The number of fused-ring (bicyclic) bond motifs is 4. The van der Waals surface area contributed by atoms with Crippen molar-refractivity contribution < 1.29 is 9.53 Å². The number of imidazole rings is 1. The van der Waals surface area contributed by atoms with Crippen molar-refractivity contribution in [3.63, 3.8) is 0 Å². The van der Waals surface area contributed by atoms with Gasteiger partial charge in [0.05, 0.1) is 11.2 Å². The Morgan fingerprint density at radius 2 is 1.93 bits per heavy atom. The van der Waals surface area contributed by atoms with Gasteiger partial charge in [0, 0.05) is 39.4 Å². The number of carbonyl (C=O) groups excluding carboxylic acids is 1. The monoisotopic (exact) mass is 375 g/mol. The topological polar surface area (TPSA) is 47.4 Å². The van der Waals surface area contributed by atoms with Crippen LogP contribution >= 0.6 is 0 Å². The van der Waals surface area contributed by atoms with Gasteiger partial charge in [0.25, 0.3) is 0 Å². The molecule has 2 aromatic carbocycles. The number of benzene rings is 2. The first-order valence-electron chi connectivity index (χ1n) is 9.87. The van der Waals surface area contributed by atoms with Crippen LogP contribution in [0.4, 0.5) is 5.69 Å². The number of aromatic nitrogens is 2. The van der Waals surface area contributed by atoms with E-state index in [2.05, 4.69) is 34.9 Å². The number of nitrogens with zero attached hydrogens (tertiary/aromatic N) is 3. The van der Waals surface area contributed by atoms with Gasteiger partial charge >= 0.3 is 0 Å². The second-order valence-corrected chi connectivity index (χ2v) is 8.27. The molecule has 0 unspecified atom stereocenters. The Kier molecular flexibility index (Phi) is 3.60. The zero-order valence-corrected chi connectivity index (χ0v) is 16.9. The second kappa shape index (κ2) is 5.84. The Hall–Kier alpha value is -2.82. The summed E-state index contributed by atoms with van der Waals surface area (Å²) in [5.41, 5.74) is 6.52. The number of ether oxygens (including phenoxy) is 1. The van der Waals surface area contributed by atoms with Crippen LogP contribution in [0.1, 0.15) is 35.9 Å². The van der Waals surface area contributed by atoms with E-state index in [-0.39, 0.29) is 11.5 Å². The first kappa shape index (κ1) is 17.3. The van der Waals surface area contributed by atoms with Gasteiger partial charge in [-0.3, -0.25) is 4.79 Å². The number of carbonyl (C=O) groups is 1. The fraction of sp³-hybridized carbons (Fsp3) is 0.391. The maximum absolute atomic E-state index is 12.1. The highest BCUT2D eigenvalue weighted by molar-refractivity contribution is 5.97. The van der Waals surface area contributed by atoms with Gasteiger partial charge in [0.1, 0.15) is 16.9 Å². The summed E-state index contributed by atoms with van der Waals surface area (Å²) in [6.45, 7) is 3.61. The summed E-state index contributed by atoms with van der Waals surface area (Å²) in [4.78, 5) is 18.7. The van der Waals surface area contributed by atoms with Gasteiger partial charge in [0.15, 0.2) is 5.75 Å². The first-order valence-corrected chi connectivity index (χ1v) is 9.87. The molecule has 1 amide bonds. The lowest BCUT2D eigenvalue weighted by atomic mass is 9.87. The molecule has 2 heterocycles. The summed E-state index contributed by atoms with van der Waals surface area (Å²) >= 11 is 0. The van der Waals surface area contributed by atoms with E-state index in [0.29, 0.717) is 0 Å². The van der Waals surface area contributed by atoms with Gasteiger partial charge in [-0.1, -0.05) is 24.3 Å². The van der Waals surface area contributed by atoms with Crippen LogP contribution in [0.15, 0.2) is 30.3 Å². The predicted octanol–water partition coefficient (Wildman–Crippen LogP) is 3.73. The maximum atomic E-state index is 12.1. The highest BCUT2D eigenvalue weighted by Crippen LogP contribution is 2.47. The average Bonchev–Trinajstić information content (AvgIpc) is 3.17. The summed E-state index contributed by atoms with van der Waals surface area (Å²) in [5, 5.41) is 0. The van der Waals surface area contributed by atoms with Crippen LogP contribution in [0, 0.1) is 6.92 Å². The lowest BCUT2D eigenvalue weighted by Crippen LogP contribution is -2.41. The zero-order valence-electron chi connectivity index (χ0n) is 16.9. The largest absolute Gasteiger partial charge is 0.484 e. The highest BCUT2D eigenvalue weighted by Gasteiger charge is 2.43. The molecule has 0 radical (unpaired) electrons. The molecule has 5 heteroatoms. The van der Waals surface area contributed by atoms with E-state index in [4.69, 9.17) is 9.72 Å². The summed E-state index contributed by atoms with van der Waals surface area (Å²) in [6, 6.07) is 10.7. The molecule has 1 aromatic heterocycles. The number of amides is 1. The third-order valence-corrected chi connectivity index (χ3v) is 6.56. The van der Waals surface area contributed by atoms with Gasteiger partial charge < -0.3 is 14.2 Å². The van der Waals surface area contributed by atoms with Crippen molar-refractivity contribution in [2.75, 3.05) is 11.9 Å². The van der Waals surface area contributed by atoms with Crippen LogP contribution in [0.2, 0.25) is 0 Å². The molecule has 3 aromatic rings. The first-order chi connectivity index (χ1) is 13.4. The second-order valence-electron chi connectivity index (χ2n) is 8.27. The number of hydrogen-bond acceptors (Lipinski definition) is 3. The van der Waals surface area contributed by atoms with E-state index in [0.717, 1.165) is 59.5 Å². The Morgan fingerprint density at radius 3 is 2.57 bits per heavy atom. The number of rotatable bonds is 1. The molecule has 0 N–H and O–H groups in total. The lowest BCUT2D eigenvalue weighted by Gasteiger charge is -2.37. The molecule has 1 aliphatic heterocycles. The van der Waals surface area contributed by atoms with E-state index in [1.807, 2.05) is 21.0 Å². The quantitative estimate of drug-likeness (QED) is 0.651. The Balaban J connectivity index is 1.68. The third-order valence-electron chi connectivity index (χ3n) is 6.56. The van der Waals surface area contributed by atoms with Gasteiger partial charge in [0.2, 0.25) is 5.91 Å². The van der Waals surface area contributed by atoms with Crippen LogP contribution in [0.25, 0.3) is 11.0 Å². The predicted molar refractivity (Wildman–Crippen MR) is 110 cm³/mol. The number of aryl methyl sites for hydroxylation is 2. The van der Waals surface area contributed by atoms with Gasteiger partial charge in [-0.25, -0.2) is 4.98 Å². The van der Waals surface area contributed by atoms with Crippen molar-refractivity contribution in [3.05, 3.63) is 52.8 Å². The molecule has 0 saturated carbocycles. The zero-order chi connectivity index (χ0) is 19.6. The molecule has 28 heavy (non-hydrogen) atoms. The van der Waals surface area contributed by atoms with E-state index in [1.165, 1.54) is 11.1 Å². The van der Waals surface area contributed by atoms with Crippen LogP contribution in [-0.2, 0) is 31.1 Å². The Bertz CT molecular complexity index is 1100. The molecule has 0 bridgehead atoms. The fourth-order valence-corrected chi connectivity index (χ4v) is 4.78. The molecule has 2 aliphatic rings. The maximum Gasteiger partial charge on any atom is 0.223 e. The van der Waals surface area contributed by atoms with E-state index in [9.17, 15) is 4.79 Å². The van der Waals surface area contributed by atoms with Crippen molar-refractivity contribution >= 4 is 22.6 Å². The number of anilines is 1. The molecular formula is C23H25N3O2. The smallest absolute Gasteiger partial charge is 0.223 e. The molecule has 5 rings (SSSR count). The van der Waals surface area contributed by atoms with Crippen LogP contribution < -0.4 is 9.64 Å². The van der Waals surface area contributed by atoms with Crippen molar-refractivity contribution in [3.8, 4) is 5.75 Å². The molecule has 1 spiro atoms. The fourth-order valence-electron chi connectivity index (χ4n) is 4.78. The summed E-state index contributed by atoms with van der Waals surface area (Å²) < 4.78 is 8.87. The van der Waals surface area contributed by atoms with Crippen molar-refractivity contribution in [2.24, 2.45) is 7.05 Å². The Labute approximate surface area is 164 Å². The summed E-state index contributed by atoms with van der Waals surface area (Å²) in [7, 11) is 3.85. The Morgan fingerprint density at radius 1 is 1.25 bits per heavy atom. The minimum Gasteiger partial charge on any atom is -0.484 e. The minimum absolute atomic E-state index is 0.0222. The van der Waals surface area contributed by atoms with E-state index in [1.54, 1.807) is 11.8 Å². The molecule has 1 aliphatic carbocycles. The minimum atomic E-state index is -0.206. The average molecular weight is 375 g/mol. The summed E-state index contributed by atoms with van der Waals surface area (Å²) in [5.74, 6) is 1.83. The molecule has 0 atom stereocenters. The van der Waals surface area contributed by atoms with Crippen LogP contribution in [0.5, 0.6) is 5.75 Å². The van der Waals surface area contributed by atoms with Crippen molar-refractivity contribution in [1.82, 2.24) is 9.55 Å². The van der Waals surface area contributed by atoms with Crippen molar-refractivity contribution in [2.45, 2.75) is 45.1 Å². The van der Waals surface area contributed by atoms with Crippen LogP contribution in [-0.4, -0.2) is 28.1 Å². The van der Waals surface area contributed by atoms with E-state index >= 15 is 0 Å². The molecule has 0 saturated heterocycles. The number of hydrogen-bond donors (Lipinski definition) is 0. The highest BCUT2D eigenvalue weighted by atomic mass is 16.5. The van der Waals surface area contributed by atoms with Gasteiger partial charge in [-0.2, -0.15) is 0 Å². The molecule has 144 valence electrons.